The normalized spacial score (nSPS) is 18.8. The first-order valence-electron chi connectivity index (χ1n) is 7.01. The molecule has 0 radical (unpaired) electrons. The van der Waals surface area contributed by atoms with Crippen LogP contribution in [0.15, 0.2) is 18.2 Å². The second-order valence-electron chi connectivity index (χ2n) is 5.28. The van der Waals surface area contributed by atoms with Crippen molar-refractivity contribution in [1.82, 2.24) is 4.90 Å². The van der Waals surface area contributed by atoms with Crippen LogP contribution in [0.5, 0.6) is 0 Å². The summed E-state index contributed by atoms with van der Waals surface area (Å²) in [5.41, 5.74) is 2.75. The number of piperidine rings is 1. The molecule has 1 aliphatic heterocycles. The summed E-state index contributed by atoms with van der Waals surface area (Å²) in [6.07, 6.45) is 2.57. The number of likely N-dealkylation sites (tertiary alicyclic amines) is 1. The molecule has 0 saturated carbocycles. The van der Waals surface area contributed by atoms with Crippen molar-refractivity contribution in [3.05, 3.63) is 34.9 Å². The van der Waals surface area contributed by atoms with Gasteiger partial charge in [-0.2, -0.15) is 0 Å². The van der Waals surface area contributed by atoms with Crippen molar-refractivity contribution in [2.75, 3.05) is 13.7 Å². The predicted molar refractivity (Wildman–Crippen MR) is 76.6 cm³/mol. The van der Waals surface area contributed by atoms with Crippen LogP contribution < -0.4 is 0 Å². The molecule has 1 saturated heterocycles. The SMILES string of the molecule is COC(=O)[C@H]1CCCCN1C(=O)c1cccc(C)c1C. The van der Waals surface area contributed by atoms with Gasteiger partial charge in [-0.25, -0.2) is 4.79 Å². The Morgan fingerprint density at radius 2 is 2.00 bits per heavy atom. The van der Waals surface area contributed by atoms with Crippen LogP contribution in [0.1, 0.15) is 40.7 Å². The summed E-state index contributed by atoms with van der Waals surface area (Å²) < 4.78 is 4.83. The molecule has 1 aromatic carbocycles. The van der Waals surface area contributed by atoms with Gasteiger partial charge in [-0.1, -0.05) is 12.1 Å². The van der Waals surface area contributed by atoms with Crippen LogP contribution in [0.2, 0.25) is 0 Å². The van der Waals surface area contributed by atoms with E-state index in [-0.39, 0.29) is 11.9 Å². The molecular formula is C16H21NO3. The predicted octanol–water partition coefficient (Wildman–Crippen LogP) is 2.47. The number of rotatable bonds is 2. The molecule has 1 heterocycles. The average molecular weight is 275 g/mol. The van der Waals surface area contributed by atoms with E-state index in [1.807, 2.05) is 32.0 Å². The van der Waals surface area contributed by atoms with Crippen LogP contribution in [0.3, 0.4) is 0 Å². The maximum atomic E-state index is 12.7. The average Bonchev–Trinajstić information content (AvgIpc) is 2.48. The van der Waals surface area contributed by atoms with Crippen molar-refractivity contribution in [3.63, 3.8) is 0 Å². The molecule has 108 valence electrons. The number of esters is 1. The van der Waals surface area contributed by atoms with E-state index < -0.39 is 6.04 Å². The molecular weight excluding hydrogens is 254 g/mol. The van der Waals surface area contributed by atoms with Crippen LogP contribution in [0, 0.1) is 13.8 Å². The van der Waals surface area contributed by atoms with Crippen LogP contribution in [0.4, 0.5) is 0 Å². The third kappa shape index (κ3) is 2.69. The van der Waals surface area contributed by atoms with Crippen molar-refractivity contribution in [2.24, 2.45) is 0 Å². The maximum absolute atomic E-state index is 12.7. The number of aryl methyl sites for hydroxylation is 1. The summed E-state index contributed by atoms with van der Waals surface area (Å²) in [6.45, 7) is 4.55. The number of carbonyl (C=O) groups excluding carboxylic acids is 2. The van der Waals surface area contributed by atoms with Crippen molar-refractivity contribution in [1.29, 1.82) is 0 Å². The minimum Gasteiger partial charge on any atom is -0.467 e. The number of ether oxygens (including phenoxy) is 1. The van der Waals surface area contributed by atoms with Crippen LogP contribution in [-0.4, -0.2) is 36.5 Å². The monoisotopic (exact) mass is 275 g/mol. The first-order chi connectivity index (χ1) is 9.56. The number of amides is 1. The fourth-order valence-corrected chi connectivity index (χ4v) is 2.69. The lowest BCUT2D eigenvalue weighted by Crippen LogP contribution is -2.48. The smallest absolute Gasteiger partial charge is 0.328 e. The summed E-state index contributed by atoms with van der Waals surface area (Å²) in [4.78, 5) is 26.2. The molecule has 2 rings (SSSR count). The number of nitrogens with zero attached hydrogens (tertiary/aromatic N) is 1. The zero-order chi connectivity index (χ0) is 14.7. The third-order valence-electron chi connectivity index (χ3n) is 4.07. The Balaban J connectivity index is 2.30. The van der Waals surface area contributed by atoms with E-state index in [1.165, 1.54) is 7.11 Å². The van der Waals surface area contributed by atoms with Crippen LogP contribution in [0.25, 0.3) is 0 Å². The highest BCUT2D eigenvalue weighted by molar-refractivity contribution is 5.98. The number of methoxy groups -OCH3 is 1. The molecule has 1 atom stereocenters. The van der Waals surface area contributed by atoms with Crippen LogP contribution >= 0.6 is 0 Å². The van der Waals surface area contributed by atoms with Gasteiger partial charge in [-0.05, 0) is 50.3 Å². The molecule has 0 N–H and O–H groups in total. The van der Waals surface area contributed by atoms with Gasteiger partial charge in [0.1, 0.15) is 6.04 Å². The van der Waals surface area contributed by atoms with Crippen molar-refractivity contribution in [3.8, 4) is 0 Å². The molecule has 1 aliphatic rings. The van der Waals surface area contributed by atoms with Gasteiger partial charge in [-0.15, -0.1) is 0 Å². The largest absolute Gasteiger partial charge is 0.467 e. The van der Waals surface area contributed by atoms with Gasteiger partial charge in [0.25, 0.3) is 5.91 Å². The van der Waals surface area contributed by atoms with Crippen molar-refractivity contribution in [2.45, 2.75) is 39.2 Å². The Kier molecular flexibility index (Phi) is 4.42. The highest BCUT2D eigenvalue weighted by Crippen LogP contribution is 2.23. The van der Waals surface area contributed by atoms with Crippen molar-refractivity contribution < 1.29 is 14.3 Å². The Labute approximate surface area is 119 Å². The topological polar surface area (TPSA) is 46.6 Å². The Bertz CT molecular complexity index is 524. The standard InChI is InChI=1S/C16H21NO3/c1-11-7-6-8-13(12(11)2)15(18)17-10-5-4-9-14(17)16(19)20-3/h6-8,14H,4-5,9-10H2,1-3H3/t14-/m1/s1. The summed E-state index contributed by atoms with van der Waals surface area (Å²) in [5.74, 6) is -0.385. The Morgan fingerprint density at radius 3 is 2.70 bits per heavy atom. The lowest BCUT2D eigenvalue weighted by Gasteiger charge is -2.34. The first kappa shape index (κ1) is 14.6. The molecule has 0 aliphatic carbocycles. The van der Waals surface area contributed by atoms with Gasteiger partial charge in [0.15, 0.2) is 0 Å². The molecule has 1 amide bonds. The summed E-state index contributed by atoms with van der Waals surface area (Å²) in [7, 11) is 1.37. The summed E-state index contributed by atoms with van der Waals surface area (Å²) >= 11 is 0. The molecule has 4 nitrogen and oxygen atoms in total. The van der Waals surface area contributed by atoms with E-state index in [2.05, 4.69) is 0 Å². The van der Waals surface area contributed by atoms with Gasteiger partial charge >= 0.3 is 5.97 Å². The number of hydrogen-bond donors (Lipinski definition) is 0. The van der Waals surface area contributed by atoms with Gasteiger partial charge in [0.2, 0.25) is 0 Å². The van der Waals surface area contributed by atoms with E-state index in [0.717, 1.165) is 24.0 Å². The molecule has 20 heavy (non-hydrogen) atoms. The van der Waals surface area contributed by atoms with Gasteiger partial charge in [-0.3, -0.25) is 4.79 Å². The molecule has 0 aromatic heterocycles. The lowest BCUT2D eigenvalue weighted by atomic mass is 9.98. The molecule has 1 aromatic rings. The molecule has 1 fully saturated rings. The summed E-state index contributed by atoms with van der Waals surface area (Å²) in [6, 6.07) is 5.25. The highest BCUT2D eigenvalue weighted by Gasteiger charge is 2.33. The highest BCUT2D eigenvalue weighted by atomic mass is 16.5. The fourth-order valence-electron chi connectivity index (χ4n) is 2.69. The minimum absolute atomic E-state index is 0.0682. The van der Waals surface area contributed by atoms with Gasteiger partial charge in [0.05, 0.1) is 7.11 Å². The first-order valence-corrected chi connectivity index (χ1v) is 7.01. The van der Waals surface area contributed by atoms with Gasteiger partial charge < -0.3 is 9.64 Å². The second kappa shape index (κ2) is 6.07. The van der Waals surface area contributed by atoms with E-state index in [1.54, 1.807) is 4.90 Å². The fraction of sp³-hybridized carbons (Fsp3) is 0.500. The van der Waals surface area contributed by atoms with E-state index in [0.29, 0.717) is 18.5 Å². The van der Waals surface area contributed by atoms with Gasteiger partial charge in [0, 0.05) is 12.1 Å². The second-order valence-corrected chi connectivity index (χ2v) is 5.28. The van der Waals surface area contributed by atoms with E-state index >= 15 is 0 Å². The zero-order valence-electron chi connectivity index (χ0n) is 12.3. The number of carbonyl (C=O) groups is 2. The Hall–Kier alpha value is -1.84. The third-order valence-corrected chi connectivity index (χ3v) is 4.07. The zero-order valence-corrected chi connectivity index (χ0v) is 12.3. The lowest BCUT2D eigenvalue weighted by molar-refractivity contribution is -0.147. The number of hydrogen-bond acceptors (Lipinski definition) is 3. The minimum atomic E-state index is -0.443. The maximum Gasteiger partial charge on any atom is 0.328 e. The van der Waals surface area contributed by atoms with Crippen LogP contribution in [-0.2, 0) is 9.53 Å². The van der Waals surface area contributed by atoms with Crippen molar-refractivity contribution >= 4 is 11.9 Å². The Morgan fingerprint density at radius 1 is 1.25 bits per heavy atom. The summed E-state index contributed by atoms with van der Waals surface area (Å²) in [5, 5.41) is 0. The molecule has 0 unspecified atom stereocenters. The quantitative estimate of drug-likeness (QED) is 0.779. The molecule has 0 bridgehead atoms. The number of benzene rings is 1. The van der Waals surface area contributed by atoms with E-state index in [4.69, 9.17) is 4.74 Å². The molecule has 4 heteroatoms. The van der Waals surface area contributed by atoms with E-state index in [9.17, 15) is 9.59 Å². The molecule has 0 spiro atoms.